The number of hydrogen-bond acceptors (Lipinski definition) is 4. The topological polar surface area (TPSA) is 62.2 Å². The highest BCUT2D eigenvalue weighted by atomic mass is 16.6. The van der Waals surface area contributed by atoms with Crippen molar-refractivity contribution in [3.63, 3.8) is 0 Å². The van der Waals surface area contributed by atoms with Crippen molar-refractivity contribution in [1.82, 2.24) is 9.80 Å². The molecule has 1 saturated heterocycles. The van der Waals surface area contributed by atoms with Gasteiger partial charge in [0.05, 0.1) is 0 Å². The van der Waals surface area contributed by atoms with Gasteiger partial charge in [-0.1, -0.05) is 43.2 Å². The fourth-order valence-electron chi connectivity index (χ4n) is 3.58. The van der Waals surface area contributed by atoms with Gasteiger partial charge in [-0.2, -0.15) is 0 Å². The Hall–Kier alpha value is -2.63. The summed E-state index contributed by atoms with van der Waals surface area (Å²) in [6, 6.07) is 6.06. The van der Waals surface area contributed by atoms with Crippen molar-refractivity contribution in [2.24, 2.45) is 4.99 Å². The van der Waals surface area contributed by atoms with Gasteiger partial charge in [0.25, 0.3) is 0 Å². The third-order valence-corrected chi connectivity index (χ3v) is 5.08. The lowest BCUT2D eigenvalue weighted by Crippen LogP contribution is -2.51. The van der Waals surface area contributed by atoms with Gasteiger partial charge in [0, 0.05) is 45.2 Å². The molecule has 1 heterocycles. The first-order chi connectivity index (χ1) is 15.5. The summed E-state index contributed by atoms with van der Waals surface area (Å²) in [6.07, 6.45) is 3.49. The first-order valence-corrected chi connectivity index (χ1v) is 12.0. The molecule has 33 heavy (non-hydrogen) atoms. The average Bonchev–Trinajstić information content (AvgIpc) is 3.12. The van der Waals surface area contributed by atoms with Crippen LogP contribution in [0, 0.1) is 6.92 Å². The maximum atomic E-state index is 12.0. The minimum Gasteiger partial charge on any atom is -0.444 e. The molecule has 1 aliphatic carbocycles. The molecule has 2 aliphatic rings. The number of aryl methyl sites for hydroxylation is 2. The Morgan fingerprint density at radius 2 is 1.61 bits per heavy atom. The summed E-state index contributed by atoms with van der Waals surface area (Å²) in [5.74, 6) is 1.29. The number of fused-ring (bicyclic) bond motifs is 1. The predicted molar refractivity (Wildman–Crippen MR) is 137 cm³/mol. The molecule has 1 fully saturated rings. The fraction of sp³-hybridized carbons (Fsp3) is 0.593. The Morgan fingerprint density at radius 1 is 1.03 bits per heavy atom. The van der Waals surface area contributed by atoms with Crippen molar-refractivity contribution in [1.29, 1.82) is 0 Å². The predicted octanol–water partition coefficient (Wildman–Crippen LogP) is 5.68. The quantitative estimate of drug-likeness (QED) is 0.402. The Balaban J connectivity index is 0.000000349. The third-order valence-electron chi connectivity index (χ3n) is 5.08. The molecule has 0 aromatic heterocycles. The van der Waals surface area contributed by atoms with E-state index in [1.165, 1.54) is 16.7 Å². The van der Waals surface area contributed by atoms with Gasteiger partial charge in [0.2, 0.25) is 0 Å². The number of amidine groups is 1. The van der Waals surface area contributed by atoms with Gasteiger partial charge < -0.3 is 14.5 Å². The van der Waals surface area contributed by atoms with Gasteiger partial charge in [-0.25, -0.2) is 4.79 Å². The van der Waals surface area contributed by atoms with Crippen LogP contribution >= 0.6 is 0 Å². The number of ether oxygens (including phenoxy) is 1. The monoisotopic (exact) mass is 457 g/mol. The summed E-state index contributed by atoms with van der Waals surface area (Å²) in [6.45, 7) is 18.8. The lowest BCUT2D eigenvalue weighted by molar-refractivity contribution is 0.0187. The van der Waals surface area contributed by atoms with E-state index in [1.807, 2.05) is 46.8 Å². The largest absolute Gasteiger partial charge is 0.444 e. The minimum absolute atomic E-state index is 0.227. The molecule has 0 bridgehead atoms. The van der Waals surface area contributed by atoms with Crippen molar-refractivity contribution in [2.45, 2.75) is 73.8 Å². The second-order valence-electron chi connectivity index (χ2n) is 9.34. The molecule has 0 atom stereocenters. The molecule has 1 aromatic rings. The molecule has 3 rings (SSSR count). The number of benzene rings is 1. The van der Waals surface area contributed by atoms with E-state index in [0.29, 0.717) is 25.3 Å². The molecule has 6 heteroatoms. The summed E-state index contributed by atoms with van der Waals surface area (Å²) in [4.78, 5) is 31.4. The lowest BCUT2D eigenvalue weighted by atomic mass is 10.1. The maximum absolute atomic E-state index is 12.0. The zero-order valence-electron chi connectivity index (χ0n) is 22.1. The van der Waals surface area contributed by atoms with Gasteiger partial charge in [-0.3, -0.25) is 9.79 Å². The van der Waals surface area contributed by atoms with Crippen molar-refractivity contribution < 1.29 is 14.3 Å². The average molecular weight is 458 g/mol. The van der Waals surface area contributed by atoms with Crippen molar-refractivity contribution >= 4 is 17.7 Å². The van der Waals surface area contributed by atoms with E-state index in [0.717, 1.165) is 30.9 Å². The van der Waals surface area contributed by atoms with E-state index in [4.69, 9.17) is 4.74 Å². The van der Waals surface area contributed by atoms with Crippen LogP contribution in [0.4, 0.5) is 4.79 Å². The molecule has 1 aromatic carbocycles. The zero-order chi connectivity index (χ0) is 25.2. The number of piperazine rings is 1. The maximum Gasteiger partial charge on any atom is 0.410 e. The van der Waals surface area contributed by atoms with Gasteiger partial charge in [0.15, 0.2) is 5.78 Å². The van der Waals surface area contributed by atoms with Gasteiger partial charge in [-0.15, -0.1) is 0 Å². The molecular weight excluding hydrogens is 414 g/mol. The smallest absolute Gasteiger partial charge is 0.410 e. The molecule has 0 spiro atoms. The highest BCUT2D eigenvalue weighted by Crippen LogP contribution is 2.22. The van der Waals surface area contributed by atoms with Crippen molar-refractivity contribution in [2.75, 3.05) is 33.2 Å². The Kier molecular flexibility index (Phi) is 11.3. The van der Waals surface area contributed by atoms with E-state index < -0.39 is 5.60 Å². The number of hydrogen-bond donors (Lipinski definition) is 0. The Labute approximate surface area is 200 Å². The number of carbonyl (C=O) groups excluding carboxylic acids is 2. The van der Waals surface area contributed by atoms with E-state index in [2.05, 4.69) is 42.8 Å². The van der Waals surface area contributed by atoms with Crippen LogP contribution in [0.3, 0.4) is 0 Å². The summed E-state index contributed by atoms with van der Waals surface area (Å²) in [5, 5.41) is 0. The molecule has 0 saturated carbocycles. The number of nitrogens with zero attached hydrogens (tertiary/aromatic N) is 3. The standard InChI is InChI=1S/C15H27N3O2.C10H10O.C2H6/c1-12(2)11-13(16-6)17-7-9-18(10-8-17)14(19)20-15(3,4)5;1-7-2-4-9-8(6-7)3-5-10(9)11;1-2/h11H,7-10H2,1-6H3;2,4,6H,3,5H2,1H3;1-2H3. The molecule has 0 radical (unpaired) electrons. The van der Waals surface area contributed by atoms with Gasteiger partial charge >= 0.3 is 6.09 Å². The van der Waals surface area contributed by atoms with Crippen LogP contribution in [0.1, 0.15) is 76.4 Å². The Morgan fingerprint density at radius 3 is 2.12 bits per heavy atom. The summed E-state index contributed by atoms with van der Waals surface area (Å²) in [7, 11) is 1.80. The number of Topliss-reactive ketones (excluding diaryl/α,β-unsaturated/α-hetero) is 1. The number of aliphatic imine (C=N–C) groups is 1. The first kappa shape index (κ1) is 28.4. The highest BCUT2D eigenvalue weighted by molar-refractivity contribution is 6.00. The minimum atomic E-state index is -0.438. The van der Waals surface area contributed by atoms with Crippen LogP contribution in [0.25, 0.3) is 0 Å². The SMILES string of the molecule is CC.CN=C(C=C(C)C)N1CCN(C(=O)OC(C)(C)C)CC1.Cc1ccc2c(c1)CCC2=O. The molecule has 1 aliphatic heterocycles. The molecule has 184 valence electrons. The summed E-state index contributed by atoms with van der Waals surface area (Å²) < 4.78 is 5.39. The van der Waals surface area contributed by atoms with E-state index in [-0.39, 0.29) is 6.09 Å². The second kappa shape index (κ2) is 13.2. The summed E-state index contributed by atoms with van der Waals surface area (Å²) in [5.41, 5.74) is 4.20. The zero-order valence-corrected chi connectivity index (χ0v) is 22.1. The van der Waals surface area contributed by atoms with E-state index in [9.17, 15) is 9.59 Å². The van der Waals surface area contributed by atoms with Crippen molar-refractivity contribution in [3.8, 4) is 0 Å². The van der Waals surface area contributed by atoms with Crippen LogP contribution in [0.15, 0.2) is 34.8 Å². The van der Waals surface area contributed by atoms with E-state index in [1.54, 1.807) is 11.9 Å². The second-order valence-corrected chi connectivity index (χ2v) is 9.34. The lowest BCUT2D eigenvalue weighted by Gasteiger charge is -2.36. The normalized spacial score (nSPS) is 15.5. The van der Waals surface area contributed by atoms with Crippen molar-refractivity contribution in [3.05, 3.63) is 46.5 Å². The highest BCUT2D eigenvalue weighted by Gasteiger charge is 2.26. The molecule has 6 nitrogen and oxygen atoms in total. The van der Waals surface area contributed by atoms with Crippen LogP contribution in [-0.2, 0) is 11.2 Å². The third kappa shape index (κ3) is 9.40. The number of allylic oxidation sites excluding steroid dienone is 1. The number of amides is 1. The fourth-order valence-corrected chi connectivity index (χ4v) is 3.58. The first-order valence-electron chi connectivity index (χ1n) is 12.0. The van der Waals surface area contributed by atoms with Crippen LogP contribution in [0.2, 0.25) is 0 Å². The van der Waals surface area contributed by atoms with Crippen LogP contribution in [0.5, 0.6) is 0 Å². The number of rotatable bonds is 1. The summed E-state index contributed by atoms with van der Waals surface area (Å²) >= 11 is 0. The molecule has 0 N–H and O–H groups in total. The Bertz CT molecular complexity index is 854. The molecule has 0 unspecified atom stereocenters. The molecular formula is C27H43N3O3. The van der Waals surface area contributed by atoms with Crippen LogP contribution in [-0.4, -0.2) is 66.3 Å². The number of ketones is 1. The van der Waals surface area contributed by atoms with Crippen LogP contribution < -0.4 is 0 Å². The number of carbonyl (C=O) groups is 2. The van der Waals surface area contributed by atoms with Gasteiger partial charge in [-0.05, 0) is 59.6 Å². The van der Waals surface area contributed by atoms with Gasteiger partial charge in [0.1, 0.15) is 11.4 Å². The van der Waals surface area contributed by atoms with E-state index >= 15 is 0 Å². The molecule has 1 amide bonds.